The van der Waals surface area contributed by atoms with E-state index in [9.17, 15) is 14.7 Å². The molecule has 0 aliphatic heterocycles. The van der Waals surface area contributed by atoms with Gasteiger partial charge in [-0.3, -0.25) is 4.79 Å². The summed E-state index contributed by atoms with van der Waals surface area (Å²) in [6, 6.07) is 19.4. The van der Waals surface area contributed by atoms with E-state index in [1.165, 1.54) is 0 Å². The van der Waals surface area contributed by atoms with Crippen molar-refractivity contribution in [3.05, 3.63) is 72.1 Å². The van der Waals surface area contributed by atoms with Gasteiger partial charge >= 0.3 is 11.9 Å². The van der Waals surface area contributed by atoms with E-state index in [0.29, 0.717) is 6.42 Å². The Bertz CT molecular complexity index is 1060. The minimum absolute atomic E-state index is 0.101. The number of benzene rings is 2. The fourth-order valence-corrected chi connectivity index (χ4v) is 3.05. The monoisotopic (exact) mass is 394 g/mol. The number of aliphatic carboxylic acids is 2. The molecule has 1 atom stereocenters. The van der Waals surface area contributed by atoms with Crippen LogP contribution in [0.25, 0.3) is 21.8 Å². The molecular formula is C22H22N2O5. The van der Waals surface area contributed by atoms with Crippen LogP contribution in [0, 0.1) is 0 Å². The molecule has 0 saturated carbocycles. The average Bonchev–Trinajstić information content (AvgIpc) is 3.29. The molecule has 1 unspecified atom stereocenters. The second kappa shape index (κ2) is 9.07. The van der Waals surface area contributed by atoms with Gasteiger partial charge in [-0.2, -0.15) is 0 Å². The summed E-state index contributed by atoms with van der Waals surface area (Å²) in [6.45, 7) is 0. The predicted octanol–water partition coefficient (Wildman–Crippen LogP) is 3.34. The van der Waals surface area contributed by atoms with Gasteiger partial charge in [0.05, 0.1) is 6.42 Å². The number of H-pyrrole nitrogens is 2. The molecule has 7 heteroatoms. The molecular weight excluding hydrogens is 372 g/mol. The van der Waals surface area contributed by atoms with Crippen LogP contribution >= 0.6 is 0 Å². The number of carboxylic acid groups (broad SMARTS) is 2. The van der Waals surface area contributed by atoms with Crippen molar-refractivity contribution in [2.75, 3.05) is 0 Å². The summed E-state index contributed by atoms with van der Waals surface area (Å²) < 4.78 is 0. The lowest BCUT2D eigenvalue weighted by Gasteiger charge is -2.01. The minimum Gasteiger partial charge on any atom is -0.481 e. The minimum atomic E-state index is -1.35. The van der Waals surface area contributed by atoms with E-state index in [1.807, 2.05) is 60.7 Å². The maximum absolute atomic E-state index is 10.5. The maximum Gasteiger partial charge on any atom is 0.332 e. The molecule has 4 rings (SSSR count). The van der Waals surface area contributed by atoms with Crippen molar-refractivity contribution in [2.24, 2.45) is 0 Å². The highest BCUT2D eigenvalue weighted by molar-refractivity contribution is 5.81. The number of hydrogen-bond acceptors (Lipinski definition) is 3. The average molecular weight is 394 g/mol. The van der Waals surface area contributed by atoms with Gasteiger partial charge in [0.15, 0.2) is 6.10 Å². The molecule has 2 heterocycles. The zero-order valence-electron chi connectivity index (χ0n) is 15.6. The summed E-state index contributed by atoms with van der Waals surface area (Å²) in [5.74, 6) is -1.96. The molecule has 2 aromatic carbocycles. The number of para-hydroxylation sites is 2. The topological polar surface area (TPSA) is 126 Å². The summed E-state index contributed by atoms with van der Waals surface area (Å²) in [5.41, 5.74) is 3.72. The van der Waals surface area contributed by atoms with Crippen molar-refractivity contribution in [3.8, 4) is 0 Å². The fraction of sp³-hybridized carbons (Fsp3) is 0.182. The van der Waals surface area contributed by atoms with E-state index in [4.69, 9.17) is 10.2 Å². The Labute approximate surface area is 166 Å². The van der Waals surface area contributed by atoms with E-state index in [1.54, 1.807) is 0 Å². The van der Waals surface area contributed by atoms with Crippen LogP contribution in [0.4, 0.5) is 0 Å². The Morgan fingerprint density at radius 1 is 0.828 bits per heavy atom. The maximum atomic E-state index is 10.5. The van der Waals surface area contributed by atoms with E-state index in [-0.39, 0.29) is 12.8 Å². The van der Waals surface area contributed by atoms with E-state index >= 15 is 0 Å². The number of carbonyl (C=O) groups is 2. The molecule has 150 valence electrons. The lowest BCUT2D eigenvalue weighted by molar-refractivity contribution is -0.146. The van der Waals surface area contributed by atoms with E-state index in [0.717, 1.165) is 33.2 Å². The van der Waals surface area contributed by atoms with Crippen LogP contribution < -0.4 is 0 Å². The number of fused-ring (bicyclic) bond motifs is 2. The van der Waals surface area contributed by atoms with Gasteiger partial charge in [0.1, 0.15) is 0 Å². The molecule has 0 spiro atoms. The Balaban J connectivity index is 0.000000166. The van der Waals surface area contributed by atoms with Crippen LogP contribution in [-0.4, -0.2) is 43.3 Å². The summed E-state index contributed by atoms with van der Waals surface area (Å²) in [5, 5.41) is 28.4. The summed E-state index contributed by atoms with van der Waals surface area (Å²) in [6.07, 6.45) is -0.515. The highest BCUT2D eigenvalue weighted by Crippen LogP contribution is 2.16. The first-order valence-corrected chi connectivity index (χ1v) is 9.18. The zero-order valence-corrected chi connectivity index (χ0v) is 15.6. The number of aryl methyl sites for hydroxylation is 1. The fourth-order valence-electron chi connectivity index (χ4n) is 3.05. The third-order valence-corrected chi connectivity index (χ3v) is 4.48. The lowest BCUT2D eigenvalue weighted by atomic mass is 10.2. The molecule has 0 amide bonds. The molecule has 7 nitrogen and oxygen atoms in total. The Morgan fingerprint density at radius 3 is 1.86 bits per heavy atom. The van der Waals surface area contributed by atoms with Gasteiger partial charge in [0, 0.05) is 28.8 Å². The van der Waals surface area contributed by atoms with Crippen molar-refractivity contribution in [1.82, 2.24) is 9.97 Å². The summed E-state index contributed by atoms with van der Waals surface area (Å²) in [7, 11) is 0. The largest absolute Gasteiger partial charge is 0.481 e. The van der Waals surface area contributed by atoms with Crippen LogP contribution in [0.1, 0.15) is 17.8 Å². The predicted molar refractivity (Wildman–Crippen MR) is 110 cm³/mol. The molecule has 29 heavy (non-hydrogen) atoms. The molecule has 2 aromatic heterocycles. The molecule has 0 fully saturated rings. The highest BCUT2D eigenvalue weighted by atomic mass is 16.4. The molecule has 0 radical (unpaired) electrons. The van der Waals surface area contributed by atoms with Gasteiger partial charge in [-0.25, -0.2) is 4.79 Å². The molecule has 0 bridgehead atoms. The van der Waals surface area contributed by atoms with Crippen LogP contribution in [0.3, 0.4) is 0 Å². The molecule has 0 saturated heterocycles. The van der Waals surface area contributed by atoms with Gasteiger partial charge in [0.25, 0.3) is 0 Å². The standard InChI is InChI=1S/C11H11NO3.C11H11NO2/c13-10(11(14)15)6-8-5-7-3-1-2-4-9(7)12-8;13-11(14)6-5-9-7-8-3-1-2-4-10(8)12-9/h1-5,10,12-13H,6H2,(H,14,15);1-4,7,12H,5-6H2,(H,13,14). The van der Waals surface area contributed by atoms with Crippen molar-refractivity contribution in [3.63, 3.8) is 0 Å². The van der Waals surface area contributed by atoms with Crippen LogP contribution in [0.15, 0.2) is 60.7 Å². The number of aromatic nitrogens is 2. The zero-order chi connectivity index (χ0) is 20.8. The second-order valence-electron chi connectivity index (χ2n) is 6.72. The van der Waals surface area contributed by atoms with E-state index in [2.05, 4.69) is 9.97 Å². The number of carboxylic acids is 2. The first-order valence-electron chi connectivity index (χ1n) is 9.18. The van der Waals surface area contributed by atoms with Crippen LogP contribution in [0.2, 0.25) is 0 Å². The summed E-state index contributed by atoms with van der Waals surface area (Å²) in [4.78, 5) is 27.1. The van der Waals surface area contributed by atoms with Crippen LogP contribution in [0.5, 0.6) is 0 Å². The van der Waals surface area contributed by atoms with Crippen molar-refractivity contribution in [2.45, 2.75) is 25.4 Å². The van der Waals surface area contributed by atoms with Crippen molar-refractivity contribution in [1.29, 1.82) is 0 Å². The number of hydrogen-bond donors (Lipinski definition) is 5. The molecule has 5 N–H and O–H groups in total. The molecule has 4 aromatic rings. The highest BCUT2D eigenvalue weighted by Gasteiger charge is 2.14. The number of aromatic amines is 2. The number of nitrogens with one attached hydrogen (secondary N) is 2. The van der Waals surface area contributed by atoms with Gasteiger partial charge < -0.3 is 25.3 Å². The van der Waals surface area contributed by atoms with Crippen LogP contribution in [-0.2, 0) is 22.4 Å². The van der Waals surface area contributed by atoms with Gasteiger partial charge in [-0.15, -0.1) is 0 Å². The summed E-state index contributed by atoms with van der Waals surface area (Å²) >= 11 is 0. The third kappa shape index (κ3) is 5.46. The Hall–Kier alpha value is -3.58. The number of aliphatic hydroxyl groups excluding tert-OH is 1. The smallest absolute Gasteiger partial charge is 0.332 e. The number of rotatable bonds is 6. The quantitative estimate of drug-likeness (QED) is 0.343. The second-order valence-corrected chi connectivity index (χ2v) is 6.72. The SMILES string of the molecule is O=C(O)C(O)Cc1cc2ccccc2[nH]1.O=C(O)CCc1cc2ccccc2[nH]1. The van der Waals surface area contributed by atoms with Gasteiger partial charge in [-0.05, 0) is 41.5 Å². The van der Waals surface area contributed by atoms with E-state index < -0.39 is 18.0 Å². The molecule has 0 aliphatic carbocycles. The number of aliphatic hydroxyl groups is 1. The molecule has 0 aliphatic rings. The first-order chi connectivity index (χ1) is 13.9. The third-order valence-electron chi connectivity index (χ3n) is 4.48. The van der Waals surface area contributed by atoms with Crippen molar-refractivity contribution < 1.29 is 24.9 Å². The van der Waals surface area contributed by atoms with Gasteiger partial charge in [-0.1, -0.05) is 36.4 Å². The first kappa shape index (κ1) is 20.2. The Kier molecular flexibility index (Phi) is 6.31. The normalized spacial score (nSPS) is 11.8. The Morgan fingerprint density at radius 2 is 1.34 bits per heavy atom. The lowest BCUT2D eigenvalue weighted by Crippen LogP contribution is -2.22. The van der Waals surface area contributed by atoms with Crippen molar-refractivity contribution >= 4 is 33.7 Å². The van der Waals surface area contributed by atoms with Gasteiger partial charge in [0.2, 0.25) is 0 Å².